The molecule has 0 spiro atoms. The molecular weight excluding hydrogens is 526 g/mol. The van der Waals surface area contributed by atoms with E-state index < -0.39 is 17.7 Å². The van der Waals surface area contributed by atoms with E-state index in [0.29, 0.717) is 24.6 Å². The third kappa shape index (κ3) is 14.4. The number of nitrogens with one attached hydrogen (secondary N) is 1. The highest BCUT2D eigenvalue weighted by Gasteiger charge is 2.31. The lowest BCUT2D eigenvalue weighted by molar-refractivity contribution is -0.0881. The summed E-state index contributed by atoms with van der Waals surface area (Å²) >= 11 is 0. The van der Waals surface area contributed by atoms with Crippen molar-refractivity contribution in [3.8, 4) is 0 Å². The fourth-order valence-electron chi connectivity index (χ4n) is 3.66. The molecule has 1 N–H and O–H groups in total. The molecule has 0 radical (unpaired) electrons. The van der Waals surface area contributed by atoms with Crippen LogP contribution in [0.3, 0.4) is 0 Å². The first kappa shape index (κ1) is 37.2. The second-order valence-corrected chi connectivity index (χ2v) is 9.12. The highest BCUT2D eigenvalue weighted by molar-refractivity contribution is 5.56. The van der Waals surface area contributed by atoms with E-state index in [1.807, 2.05) is 14.0 Å². The molecule has 0 aliphatic carbocycles. The van der Waals surface area contributed by atoms with Crippen molar-refractivity contribution < 1.29 is 17.6 Å². The smallest absolute Gasteiger partial charge is 0.374 e. The Labute approximate surface area is 244 Å². The number of alkyl halides is 3. The molecule has 7 heteroatoms. The largest absolute Gasteiger partial charge is 0.416 e. The van der Waals surface area contributed by atoms with Gasteiger partial charge in [-0.05, 0) is 62.8 Å². The molecule has 0 aromatic carbocycles. The Kier molecular flexibility index (Phi) is 18.2. The van der Waals surface area contributed by atoms with Crippen molar-refractivity contribution in [3.05, 3.63) is 126 Å². The van der Waals surface area contributed by atoms with Crippen molar-refractivity contribution in [2.45, 2.75) is 66.0 Å². The number of halogens is 4. The Morgan fingerprint density at radius 2 is 1.80 bits per heavy atom. The summed E-state index contributed by atoms with van der Waals surface area (Å²) in [4.78, 5) is 5.60. The van der Waals surface area contributed by atoms with E-state index in [-0.39, 0.29) is 11.1 Å². The van der Waals surface area contributed by atoms with Gasteiger partial charge in [0, 0.05) is 43.4 Å². The molecule has 0 bridgehead atoms. The maximum Gasteiger partial charge on any atom is 0.416 e. The van der Waals surface area contributed by atoms with Gasteiger partial charge in [0.15, 0.2) is 0 Å². The van der Waals surface area contributed by atoms with Crippen LogP contribution in [-0.2, 0) is 0 Å². The predicted octanol–water partition coefficient (Wildman–Crippen LogP) is 10.1. The van der Waals surface area contributed by atoms with E-state index >= 15 is 0 Å². The lowest BCUT2D eigenvalue weighted by atomic mass is 10.0. The summed E-state index contributed by atoms with van der Waals surface area (Å²) in [7, 11) is 1.96. The van der Waals surface area contributed by atoms with Crippen molar-refractivity contribution in [2.75, 3.05) is 13.6 Å². The highest BCUT2D eigenvalue weighted by Crippen LogP contribution is 2.29. The molecule has 0 atom stereocenters. The molecule has 0 unspecified atom stereocenters. The van der Waals surface area contributed by atoms with Crippen LogP contribution in [-0.4, -0.2) is 30.9 Å². The molecule has 0 heterocycles. The molecule has 0 fully saturated rings. The molecule has 0 saturated carbocycles. The van der Waals surface area contributed by atoms with Gasteiger partial charge in [0.25, 0.3) is 0 Å². The zero-order valence-electron chi connectivity index (χ0n) is 25.2. The van der Waals surface area contributed by atoms with Gasteiger partial charge < -0.3 is 10.2 Å². The minimum atomic E-state index is -4.67. The fraction of sp³-hybridized carbons (Fsp3) is 0.353. The SMILES string of the molecule is C=C=C(N/C=C(/C=C(\C=C)C(F)(F)F)C(=C)/C=C(/F)N=CC)/C(CC/C=C(C)\C=C/CC)=C(/C=C)N(C)CCCC. The van der Waals surface area contributed by atoms with Crippen LogP contribution in [0.25, 0.3) is 0 Å². The normalized spacial score (nSPS) is 14.2. The van der Waals surface area contributed by atoms with Gasteiger partial charge in [-0.2, -0.15) is 17.6 Å². The van der Waals surface area contributed by atoms with Crippen LogP contribution in [0.4, 0.5) is 17.6 Å². The molecular formula is C34H45F4N3. The lowest BCUT2D eigenvalue weighted by Gasteiger charge is -2.25. The Morgan fingerprint density at radius 1 is 1.12 bits per heavy atom. The minimum absolute atomic E-state index is 0.0225. The molecule has 0 rings (SSSR count). The summed E-state index contributed by atoms with van der Waals surface area (Å²) in [5.41, 5.74) is 5.10. The Balaban J connectivity index is 6.88. The van der Waals surface area contributed by atoms with E-state index in [1.54, 1.807) is 6.08 Å². The number of likely N-dealkylation sites (N-methyl/N-ethyl adjacent to an activating group) is 1. The summed E-state index contributed by atoms with van der Waals surface area (Å²) in [6, 6.07) is 0. The standard InChI is InChI=1S/C34H45F4N3/c1-10-16-19-26(7)20-18-21-30(32(14-5)41(9)22-17-11-2)31(13-4)40-25-28(24-29(12-3)34(36,37)38)27(8)23-33(35)39-15-6/h12,14-16,19-20,23-25,40H,3-5,8,10-11,17-18,21-22H2,1-2,6-7,9H3/b19-16-,26-20-,28-25-,29-24+,32-30-,33-23-,39-15?. The number of rotatable bonds is 18. The van der Waals surface area contributed by atoms with Gasteiger partial charge in [-0.15, -0.1) is 5.73 Å². The van der Waals surface area contributed by atoms with Crippen LogP contribution < -0.4 is 5.32 Å². The molecule has 224 valence electrons. The Bertz CT molecular complexity index is 1160. The van der Waals surface area contributed by atoms with Gasteiger partial charge in [-0.25, -0.2) is 4.99 Å². The first-order valence-electron chi connectivity index (χ1n) is 13.6. The summed E-state index contributed by atoms with van der Waals surface area (Å²) in [6.07, 6.45) is 12.6. The highest BCUT2D eigenvalue weighted by atomic mass is 19.4. The van der Waals surface area contributed by atoms with E-state index in [1.165, 1.54) is 19.3 Å². The zero-order chi connectivity index (χ0) is 31.4. The molecule has 0 aliphatic rings. The molecule has 0 aliphatic heterocycles. The van der Waals surface area contributed by atoms with Crippen LogP contribution in [0.15, 0.2) is 131 Å². The second kappa shape index (κ2) is 20.1. The van der Waals surface area contributed by atoms with E-state index in [0.717, 1.165) is 54.8 Å². The maximum atomic E-state index is 14.1. The van der Waals surface area contributed by atoms with Gasteiger partial charge in [-0.1, -0.05) is 76.5 Å². The maximum absolute atomic E-state index is 14.1. The summed E-state index contributed by atoms with van der Waals surface area (Å²) < 4.78 is 54.8. The van der Waals surface area contributed by atoms with Crippen LogP contribution >= 0.6 is 0 Å². The third-order valence-electron chi connectivity index (χ3n) is 5.86. The van der Waals surface area contributed by atoms with Gasteiger partial charge in [0.1, 0.15) is 0 Å². The summed E-state index contributed by atoms with van der Waals surface area (Å²) in [6.45, 7) is 23.4. The average Bonchev–Trinajstić information content (AvgIpc) is 2.91. The van der Waals surface area contributed by atoms with E-state index in [2.05, 4.69) is 79.3 Å². The van der Waals surface area contributed by atoms with E-state index in [4.69, 9.17) is 0 Å². The number of nitrogens with zero attached hydrogens (tertiary/aromatic N) is 2. The number of unbranched alkanes of at least 4 members (excludes halogenated alkanes) is 1. The molecule has 41 heavy (non-hydrogen) atoms. The second-order valence-electron chi connectivity index (χ2n) is 9.12. The Morgan fingerprint density at radius 3 is 2.32 bits per heavy atom. The van der Waals surface area contributed by atoms with Gasteiger partial charge in [0.2, 0.25) is 5.95 Å². The van der Waals surface area contributed by atoms with Crippen molar-refractivity contribution in [2.24, 2.45) is 4.99 Å². The summed E-state index contributed by atoms with van der Waals surface area (Å²) in [5.74, 6) is -0.894. The molecule has 3 nitrogen and oxygen atoms in total. The van der Waals surface area contributed by atoms with Crippen LogP contribution in [0.2, 0.25) is 0 Å². The van der Waals surface area contributed by atoms with Gasteiger partial charge in [-0.3, -0.25) is 0 Å². The van der Waals surface area contributed by atoms with Crippen molar-refractivity contribution in [1.82, 2.24) is 10.2 Å². The summed E-state index contributed by atoms with van der Waals surface area (Å²) in [5, 5.41) is 3.05. The van der Waals surface area contributed by atoms with Gasteiger partial charge >= 0.3 is 6.18 Å². The monoisotopic (exact) mass is 571 g/mol. The van der Waals surface area contributed by atoms with Crippen LogP contribution in [0, 0.1) is 0 Å². The average molecular weight is 572 g/mol. The van der Waals surface area contributed by atoms with Crippen molar-refractivity contribution in [3.63, 3.8) is 0 Å². The quantitative estimate of drug-likeness (QED) is 0.0583. The van der Waals surface area contributed by atoms with E-state index in [9.17, 15) is 17.6 Å². The first-order valence-corrected chi connectivity index (χ1v) is 13.6. The number of aliphatic imine (C=N–C) groups is 1. The van der Waals surface area contributed by atoms with Crippen LogP contribution in [0.1, 0.15) is 59.8 Å². The third-order valence-corrected chi connectivity index (χ3v) is 5.86. The van der Waals surface area contributed by atoms with Gasteiger partial charge in [0.05, 0.1) is 11.3 Å². The Hall–Kier alpha value is -3.83. The lowest BCUT2D eigenvalue weighted by Crippen LogP contribution is -2.22. The molecule has 0 aromatic rings. The number of hydrogen-bond donors (Lipinski definition) is 1. The predicted molar refractivity (Wildman–Crippen MR) is 168 cm³/mol. The topological polar surface area (TPSA) is 27.6 Å². The first-order chi connectivity index (χ1) is 19.4. The minimum Gasteiger partial charge on any atom is -0.374 e. The molecule has 0 saturated heterocycles. The van der Waals surface area contributed by atoms with Crippen LogP contribution in [0.5, 0.6) is 0 Å². The number of hydrogen-bond acceptors (Lipinski definition) is 3. The molecule has 0 amide bonds. The zero-order valence-corrected chi connectivity index (χ0v) is 25.2. The number of allylic oxidation sites excluding steroid dienone is 12. The fourth-order valence-corrected chi connectivity index (χ4v) is 3.66. The molecule has 0 aromatic heterocycles. The van der Waals surface area contributed by atoms with Crippen molar-refractivity contribution in [1.29, 1.82) is 0 Å². The van der Waals surface area contributed by atoms with Crippen molar-refractivity contribution >= 4 is 6.21 Å².